The van der Waals surface area contributed by atoms with Crippen molar-refractivity contribution in [1.29, 1.82) is 0 Å². The van der Waals surface area contributed by atoms with E-state index < -0.39 is 0 Å². The van der Waals surface area contributed by atoms with E-state index in [-0.39, 0.29) is 0 Å². The average molecular weight is 364 g/mol. The first kappa shape index (κ1) is 17.4. The minimum atomic E-state index is 0.754. The first-order valence-electron chi connectivity index (χ1n) is 9.32. The maximum absolute atomic E-state index is 4.95. The summed E-state index contributed by atoms with van der Waals surface area (Å²) in [5, 5.41) is 1.02. The van der Waals surface area contributed by atoms with Crippen molar-refractivity contribution in [2.24, 2.45) is 5.92 Å². The van der Waals surface area contributed by atoms with Gasteiger partial charge >= 0.3 is 0 Å². The maximum atomic E-state index is 4.95. The number of piperidine rings is 1. The van der Waals surface area contributed by atoms with Crippen molar-refractivity contribution < 1.29 is 0 Å². The molecule has 1 aliphatic rings. The second kappa shape index (κ2) is 8.11. The van der Waals surface area contributed by atoms with E-state index in [4.69, 9.17) is 4.98 Å². The summed E-state index contributed by atoms with van der Waals surface area (Å²) in [5.74, 6) is 1.88. The van der Waals surface area contributed by atoms with Gasteiger partial charge in [0.2, 0.25) is 0 Å². The number of hydrogen-bond acceptors (Lipinski definition) is 3. The van der Waals surface area contributed by atoms with E-state index in [0.29, 0.717) is 0 Å². The third-order valence-electron chi connectivity index (χ3n) is 4.97. The van der Waals surface area contributed by atoms with Gasteiger partial charge < -0.3 is 9.88 Å². The molecule has 3 nitrogen and oxygen atoms in total. The number of nitrogens with one attached hydrogen (secondary N) is 1. The van der Waals surface area contributed by atoms with E-state index in [1.165, 1.54) is 31.5 Å². The summed E-state index contributed by atoms with van der Waals surface area (Å²) in [6.07, 6.45) is 2.64. The Hall–Kier alpha value is -2.04. The van der Waals surface area contributed by atoms with Crippen LogP contribution >= 0.6 is 11.8 Å². The summed E-state index contributed by atoms with van der Waals surface area (Å²) in [7, 11) is 2.23. The molecule has 4 heteroatoms. The topological polar surface area (TPSA) is 31.9 Å². The number of rotatable bonds is 5. The summed E-state index contributed by atoms with van der Waals surface area (Å²) >= 11 is 1.86. The third-order valence-corrected chi connectivity index (χ3v) is 6.07. The van der Waals surface area contributed by atoms with Crippen molar-refractivity contribution in [1.82, 2.24) is 14.9 Å². The van der Waals surface area contributed by atoms with E-state index >= 15 is 0 Å². The van der Waals surface area contributed by atoms with Crippen LogP contribution in [-0.2, 0) is 0 Å². The molecule has 2 aromatic carbocycles. The minimum absolute atomic E-state index is 0.754. The average Bonchev–Trinajstić information content (AvgIpc) is 3.12. The van der Waals surface area contributed by atoms with Gasteiger partial charge in [0.25, 0.3) is 0 Å². The van der Waals surface area contributed by atoms with Crippen molar-refractivity contribution in [2.75, 3.05) is 25.9 Å². The molecule has 1 saturated heterocycles. The number of aromatic amines is 1. The molecule has 1 aliphatic heterocycles. The Bertz CT molecular complexity index is 772. The summed E-state index contributed by atoms with van der Waals surface area (Å²) in [4.78, 5) is 11.0. The Morgan fingerprint density at radius 1 is 1.04 bits per heavy atom. The SMILES string of the molecule is CN1CCC[C@@H](CSc2nc(-c3ccccc3)c(-c3ccccc3)[nH]2)C1. The number of likely N-dealkylation sites (tertiary alicyclic amines) is 1. The van der Waals surface area contributed by atoms with Gasteiger partial charge in [-0.05, 0) is 32.4 Å². The molecule has 1 atom stereocenters. The maximum Gasteiger partial charge on any atom is 0.166 e. The predicted octanol–water partition coefficient (Wildman–Crippen LogP) is 5.18. The molecule has 0 unspecified atom stereocenters. The molecular formula is C22H25N3S. The molecule has 3 aromatic rings. The first-order chi connectivity index (χ1) is 12.8. The summed E-state index contributed by atoms with van der Waals surface area (Å²) in [5.41, 5.74) is 4.50. The Kier molecular flexibility index (Phi) is 5.42. The summed E-state index contributed by atoms with van der Waals surface area (Å²) in [6.45, 7) is 2.43. The van der Waals surface area contributed by atoms with Gasteiger partial charge in [-0.25, -0.2) is 4.98 Å². The molecule has 0 bridgehead atoms. The minimum Gasteiger partial charge on any atom is -0.332 e. The third kappa shape index (κ3) is 4.02. The zero-order chi connectivity index (χ0) is 17.8. The van der Waals surface area contributed by atoms with Crippen LogP contribution in [0, 0.1) is 5.92 Å². The number of H-pyrrole nitrogens is 1. The monoisotopic (exact) mass is 363 g/mol. The van der Waals surface area contributed by atoms with Gasteiger partial charge in [-0.1, -0.05) is 72.4 Å². The number of aromatic nitrogens is 2. The van der Waals surface area contributed by atoms with Crippen LogP contribution in [0.25, 0.3) is 22.5 Å². The van der Waals surface area contributed by atoms with Crippen molar-refractivity contribution >= 4 is 11.8 Å². The van der Waals surface area contributed by atoms with Gasteiger partial charge in [0, 0.05) is 23.4 Å². The van der Waals surface area contributed by atoms with Crippen LogP contribution in [0.5, 0.6) is 0 Å². The fourth-order valence-corrected chi connectivity index (χ4v) is 4.64. The fourth-order valence-electron chi connectivity index (χ4n) is 3.64. The fraction of sp³-hybridized carbons (Fsp3) is 0.318. The van der Waals surface area contributed by atoms with Crippen LogP contribution in [0.4, 0.5) is 0 Å². The molecule has 26 heavy (non-hydrogen) atoms. The van der Waals surface area contributed by atoms with Crippen LogP contribution in [0.1, 0.15) is 12.8 Å². The molecule has 1 N–H and O–H groups in total. The second-order valence-corrected chi connectivity index (χ2v) is 8.09. The lowest BCUT2D eigenvalue weighted by atomic mass is 10.0. The highest BCUT2D eigenvalue weighted by atomic mass is 32.2. The van der Waals surface area contributed by atoms with Crippen LogP contribution in [0.3, 0.4) is 0 Å². The molecule has 134 valence electrons. The van der Waals surface area contributed by atoms with Crippen LogP contribution in [0.15, 0.2) is 65.8 Å². The molecule has 2 heterocycles. The number of benzene rings is 2. The van der Waals surface area contributed by atoms with E-state index in [2.05, 4.69) is 71.5 Å². The van der Waals surface area contributed by atoms with Gasteiger partial charge in [0.15, 0.2) is 5.16 Å². The van der Waals surface area contributed by atoms with Gasteiger partial charge in [0.05, 0.1) is 11.4 Å². The van der Waals surface area contributed by atoms with Crippen LogP contribution < -0.4 is 0 Å². The molecule has 1 fully saturated rings. The number of imidazole rings is 1. The zero-order valence-electron chi connectivity index (χ0n) is 15.2. The highest BCUT2D eigenvalue weighted by molar-refractivity contribution is 7.99. The number of nitrogens with zero attached hydrogens (tertiary/aromatic N) is 2. The lowest BCUT2D eigenvalue weighted by Gasteiger charge is -2.29. The van der Waals surface area contributed by atoms with Crippen molar-refractivity contribution in [2.45, 2.75) is 18.0 Å². The summed E-state index contributed by atoms with van der Waals surface area (Å²) in [6, 6.07) is 21.0. The first-order valence-corrected chi connectivity index (χ1v) is 10.3. The normalized spacial score (nSPS) is 18.1. The Balaban J connectivity index is 1.59. The quantitative estimate of drug-likeness (QED) is 0.634. The molecule has 0 radical (unpaired) electrons. The molecule has 0 saturated carbocycles. The Morgan fingerprint density at radius 3 is 2.42 bits per heavy atom. The highest BCUT2D eigenvalue weighted by Crippen LogP contribution is 2.33. The van der Waals surface area contributed by atoms with Gasteiger partial charge in [-0.2, -0.15) is 0 Å². The molecular weight excluding hydrogens is 338 g/mol. The molecule has 4 rings (SSSR count). The van der Waals surface area contributed by atoms with E-state index in [9.17, 15) is 0 Å². The number of hydrogen-bond donors (Lipinski definition) is 1. The second-order valence-electron chi connectivity index (χ2n) is 7.08. The van der Waals surface area contributed by atoms with E-state index in [1.54, 1.807) is 0 Å². The smallest absolute Gasteiger partial charge is 0.166 e. The molecule has 0 spiro atoms. The molecule has 0 aliphatic carbocycles. The Labute approximate surface area is 159 Å². The lowest BCUT2D eigenvalue weighted by Crippen LogP contribution is -2.33. The van der Waals surface area contributed by atoms with Crippen molar-refractivity contribution in [3.05, 3.63) is 60.7 Å². The van der Waals surface area contributed by atoms with Crippen LogP contribution in [-0.4, -0.2) is 40.8 Å². The lowest BCUT2D eigenvalue weighted by molar-refractivity contribution is 0.224. The largest absolute Gasteiger partial charge is 0.332 e. The number of thioether (sulfide) groups is 1. The van der Waals surface area contributed by atoms with Crippen molar-refractivity contribution in [3.63, 3.8) is 0 Å². The standard InChI is InChI=1S/C22H25N3S/c1-25-14-8-9-17(15-25)16-26-22-23-20(18-10-4-2-5-11-18)21(24-22)19-12-6-3-7-13-19/h2-7,10-13,17H,8-9,14-16H2,1H3,(H,23,24)/t17-/m1/s1. The molecule has 1 aromatic heterocycles. The predicted molar refractivity (Wildman–Crippen MR) is 110 cm³/mol. The highest BCUT2D eigenvalue weighted by Gasteiger charge is 2.19. The van der Waals surface area contributed by atoms with Crippen molar-refractivity contribution in [3.8, 4) is 22.5 Å². The van der Waals surface area contributed by atoms with E-state index in [0.717, 1.165) is 33.8 Å². The van der Waals surface area contributed by atoms with Gasteiger partial charge in [0.1, 0.15) is 0 Å². The summed E-state index contributed by atoms with van der Waals surface area (Å²) < 4.78 is 0. The zero-order valence-corrected chi connectivity index (χ0v) is 16.0. The Morgan fingerprint density at radius 2 is 1.73 bits per heavy atom. The molecule has 0 amide bonds. The van der Waals surface area contributed by atoms with Gasteiger partial charge in [-0.3, -0.25) is 0 Å². The van der Waals surface area contributed by atoms with E-state index in [1.807, 2.05) is 17.8 Å². The van der Waals surface area contributed by atoms with Crippen LogP contribution in [0.2, 0.25) is 0 Å². The van der Waals surface area contributed by atoms with Gasteiger partial charge in [-0.15, -0.1) is 0 Å².